The number of aryl methyl sites for hydroxylation is 1. The number of anilines is 1. The first-order chi connectivity index (χ1) is 14.0. The molecule has 1 unspecified atom stereocenters. The molecule has 0 spiro atoms. The van der Waals surface area contributed by atoms with Gasteiger partial charge in [-0.2, -0.15) is 0 Å². The summed E-state index contributed by atoms with van der Waals surface area (Å²) in [4.78, 5) is 20.1. The van der Waals surface area contributed by atoms with Gasteiger partial charge in [-0.05, 0) is 50.5 Å². The van der Waals surface area contributed by atoms with Gasteiger partial charge in [-0.25, -0.2) is 4.98 Å². The Kier molecular flexibility index (Phi) is 5.14. The van der Waals surface area contributed by atoms with Crippen molar-refractivity contribution in [3.63, 3.8) is 0 Å². The fourth-order valence-corrected chi connectivity index (χ4v) is 3.96. The van der Waals surface area contributed by atoms with E-state index in [2.05, 4.69) is 42.8 Å². The summed E-state index contributed by atoms with van der Waals surface area (Å²) in [5.74, 6) is 0.764. The summed E-state index contributed by atoms with van der Waals surface area (Å²) in [6.45, 7) is 13.5. The zero-order valence-corrected chi connectivity index (χ0v) is 17.1. The van der Waals surface area contributed by atoms with E-state index < -0.39 is 0 Å². The van der Waals surface area contributed by atoms with E-state index in [1.54, 1.807) is 22.6 Å². The number of hydrogen-bond donors (Lipinski definition) is 1. The Bertz CT molecular complexity index is 1090. The molecular formula is C24H27N4O. The Morgan fingerprint density at radius 2 is 1.97 bits per heavy atom. The zero-order chi connectivity index (χ0) is 20.5. The summed E-state index contributed by atoms with van der Waals surface area (Å²) >= 11 is 0. The monoisotopic (exact) mass is 387 g/mol. The van der Waals surface area contributed by atoms with E-state index in [9.17, 15) is 4.79 Å². The second-order valence-electron chi connectivity index (χ2n) is 7.73. The minimum Gasteiger partial charge on any atom is -0.378 e. The number of allylic oxidation sites excluding steroid dienone is 3. The largest absolute Gasteiger partial charge is 0.378 e. The van der Waals surface area contributed by atoms with Crippen molar-refractivity contribution in [2.75, 3.05) is 18.0 Å². The van der Waals surface area contributed by atoms with Gasteiger partial charge in [-0.15, -0.1) is 0 Å². The normalized spacial score (nSPS) is 17.6. The molecule has 149 valence electrons. The van der Waals surface area contributed by atoms with Gasteiger partial charge in [0, 0.05) is 43.0 Å². The van der Waals surface area contributed by atoms with E-state index >= 15 is 0 Å². The molecule has 5 nitrogen and oxygen atoms in total. The van der Waals surface area contributed by atoms with Gasteiger partial charge >= 0.3 is 0 Å². The Hall–Kier alpha value is -3.08. The smallest absolute Gasteiger partial charge is 0.259 e. The van der Waals surface area contributed by atoms with Gasteiger partial charge < -0.3 is 10.2 Å². The molecule has 5 heteroatoms. The van der Waals surface area contributed by atoms with E-state index in [0.29, 0.717) is 5.65 Å². The highest BCUT2D eigenvalue weighted by atomic mass is 16.1. The summed E-state index contributed by atoms with van der Waals surface area (Å²) < 4.78 is 1.66. The molecule has 0 saturated carbocycles. The number of aromatic nitrogens is 2. The molecule has 1 radical (unpaired) electrons. The van der Waals surface area contributed by atoms with Crippen LogP contribution in [0.3, 0.4) is 0 Å². The predicted octanol–water partition coefficient (Wildman–Crippen LogP) is 4.02. The van der Waals surface area contributed by atoms with Gasteiger partial charge in [0.2, 0.25) is 0 Å². The van der Waals surface area contributed by atoms with E-state index in [-0.39, 0.29) is 11.6 Å². The van der Waals surface area contributed by atoms with Crippen LogP contribution >= 0.6 is 0 Å². The van der Waals surface area contributed by atoms with Crippen LogP contribution in [0.5, 0.6) is 0 Å². The topological polar surface area (TPSA) is 49.6 Å². The standard InChI is InChI=1S/C24H27N4O/c1-5-7-20(6-2)25-17(4)21-12-16(3)15-28-23(29)14-22(26-24(21)28)27-10-8-18-13-19(18)9-11-27/h5-7,12-15,17,25H,1-2,8-11H2,3-4H3/b20-7+. The maximum absolute atomic E-state index is 12.9. The van der Waals surface area contributed by atoms with Crippen molar-refractivity contribution < 1.29 is 0 Å². The number of pyridine rings is 1. The second kappa shape index (κ2) is 7.74. The summed E-state index contributed by atoms with van der Waals surface area (Å²) in [7, 11) is 0. The lowest BCUT2D eigenvalue weighted by molar-refractivity contribution is 0.663. The number of hydrogen-bond acceptors (Lipinski definition) is 4. The van der Waals surface area contributed by atoms with Crippen LogP contribution < -0.4 is 15.8 Å². The number of nitrogens with zero attached hydrogens (tertiary/aromatic N) is 3. The quantitative estimate of drug-likeness (QED) is 0.761. The minimum absolute atomic E-state index is 0.0472. The van der Waals surface area contributed by atoms with Crippen molar-refractivity contribution in [1.82, 2.24) is 14.7 Å². The molecule has 4 rings (SSSR count). The van der Waals surface area contributed by atoms with Crippen molar-refractivity contribution >= 4 is 11.5 Å². The lowest BCUT2D eigenvalue weighted by atomic mass is 10.1. The van der Waals surface area contributed by atoms with Crippen LogP contribution in [0, 0.1) is 13.3 Å². The molecule has 3 heterocycles. The van der Waals surface area contributed by atoms with Crippen molar-refractivity contribution in [3.05, 3.63) is 94.5 Å². The van der Waals surface area contributed by atoms with Crippen LogP contribution in [0.4, 0.5) is 5.82 Å². The van der Waals surface area contributed by atoms with E-state index in [1.807, 2.05) is 19.2 Å². The van der Waals surface area contributed by atoms with Gasteiger partial charge in [-0.3, -0.25) is 9.20 Å². The minimum atomic E-state index is -0.0475. The highest BCUT2D eigenvalue weighted by Crippen LogP contribution is 2.38. The average Bonchev–Trinajstić information content (AvgIpc) is 3.47. The molecule has 2 aromatic rings. The highest BCUT2D eigenvalue weighted by Gasteiger charge is 2.27. The Morgan fingerprint density at radius 3 is 2.62 bits per heavy atom. The van der Waals surface area contributed by atoms with Crippen LogP contribution in [-0.2, 0) is 0 Å². The SMILES string of the molecule is C=C/C=C(\C=C)NC(C)c1cc(C)cn2c(=O)cc(N3CCC4=C([CH]4)CC3)nc12. The molecule has 0 bridgehead atoms. The number of rotatable bonds is 6. The molecule has 2 aromatic heterocycles. The molecule has 1 aliphatic carbocycles. The Morgan fingerprint density at radius 1 is 1.24 bits per heavy atom. The number of nitrogens with one attached hydrogen (secondary N) is 1. The highest BCUT2D eigenvalue weighted by molar-refractivity contribution is 5.58. The lowest BCUT2D eigenvalue weighted by Crippen LogP contribution is -2.29. The average molecular weight is 388 g/mol. The van der Waals surface area contributed by atoms with Crippen molar-refractivity contribution in [1.29, 1.82) is 0 Å². The summed E-state index contributed by atoms with van der Waals surface area (Å²) in [6.07, 6.45) is 11.6. The first-order valence-corrected chi connectivity index (χ1v) is 10.1. The predicted molar refractivity (Wildman–Crippen MR) is 119 cm³/mol. The Labute approximate surface area is 171 Å². The molecule has 0 amide bonds. The number of fused-ring (bicyclic) bond motifs is 1. The summed E-state index contributed by atoms with van der Waals surface area (Å²) in [6, 6.07) is 3.71. The molecule has 1 N–H and O–H groups in total. The third kappa shape index (κ3) is 3.90. The van der Waals surface area contributed by atoms with Gasteiger partial charge in [0.25, 0.3) is 5.56 Å². The summed E-state index contributed by atoms with van der Waals surface area (Å²) in [5, 5.41) is 3.44. The van der Waals surface area contributed by atoms with E-state index in [4.69, 9.17) is 4.98 Å². The molecule has 1 atom stereocenters. The van der Waals surface area contributed by atoms with Crippen LogP contribution in [0.15, 0.2) is 71.4 Å². The van der Waals surface area contributed by atoms with Crippen LogP contribution in [0.25, 0.3) is 5.65 Å². The van der Waals surface area contributed by atoms with Crippen molar-refractivity contribution in [3.8, 4) is 0 Å². The van der Waals surface area contributed by atoms with Crippen LogP contribution in [0.2, 0.25) is 0 Å². The molecule has 1 aliphatic heterocycles. The lowest BCUT2D eigenvalue weighted by Gasteiger charge is -2.24. The molecule has 0 fully saturated rings. The van der Waals surface area contributed by atoms with Crippen molar-refractivity contribution in [2.45, 2.75) is 32.7 Å². The van der Waals surface area contributed by atoms with Crippen LogP contribution in [-0.4, -0.2) is 22.5 Å². The first-order valence-electron chi connectivity index (χ1n) is 10.1. The molecule has 0 saturated heterocycles. The third-order valence-electron chi connectivity index (χ3n) is 5.58. The fourth-order valence-electron chi connectivity index (χ4n) is 3.96. The molecule has 29 heavy (non-hydrogen) atoms. The molecule has 2 aliphatic rings. The van der Waals surface area contributed by atoms with Gasteiger partial charge in [0.1, 0.15) is 11.5 Å². The zero-order valence-electron chi connectivity index (χ0n) is 17.1. The Balaban J connectivity index is 1.74. The second-order valence-corrected chi connectivity index (χ2v) is 7.73. The summed E-state index contributed by atoms with van der Waals surface area (Å²) in [5.41, 5.74) is 6.48. The first kappa shape index (κ1) is 19.2. The maximum atomic E-state index is 12.9. The molecular weight excluding hydrogens is 360 g/mol. The molecule has 0 aromatic carbocycles. The third-order valence-corrected chi connectivity index (χ3v) is 5.58. The van der Waals surface area contributed by atoms with Gasteiger partial charge in [0.15, 0.2) is 0 Å². The van der Waals surface area contributed by atoms with Gasteiger partial charge in [0.05, 0.1) is 6.04 Å². The van der Waals surface area contributed by atoms with Crippen molar-refractivity contribution in [2.24, 2.45) is 0 Å². The fraction of sp³-hybridized carbons (Fsp3) is 0.292. The van der Waals surface area contributed by atoms with Crippen LogP contribution in [0.1, 0.15) is 36.9 Å². The van der Waals surface area contributed by atoms with E-state index in [0.717, 1.165) is 48.6 Å². The van der Waals surface area contributed by atoms with E-state index in [1.165, 1.54) is 11.1 Å². The maximum Gasteiger partial charge on any atom is 0.259 e. The van der Waals surface area contributed by atoms with Gasteiger partial charge in [-0.1, -0.05) is 30.4 Å².